The highest BCUT2D eigenvalue weighted by molar-refractivity contribution is 7.92. The van der Waals surface area contributed by atoms with E-state index < -0.39 is 43.5 Å². The van der Waals surface area contributed by atoms with E-state index in [0.29, 0.717) is 50.4 Å². The minimum atomic E-state index is -4.44. The lowest BCUT2D eigenvalue weighted by Gasteiger charge is -2.35. The molecule has 5 rings (SSSR count). The summed E-state index contributed by atoms with van der Waals surface area (Å²) in [6, 6.07) is 15.0. The first-order chi connectivity index (χ1) is 21.5. The zero-order valence-corrected chi connectivity index (χ0v) is 26.1. The van der Waals surface area contributed by atoms with Crippen LogP contribution in [0.3, 0.4) is 0 Å². The van der Waals surface area contributed by atoms with Crippen molar-refractivity contribution in [2.45, 2.75) is 35.2 Å². The Morgan fingerprint density at radius 2 is 0.783 bits per heavy atom. The van der Waals surface area contributed by atoms with Crippen LogP contribution in [-0.4, -0.2) is 87.6 Å². The Balaban J connectivity index is 1.21. The molecule has 2 fully saturated rings. The van der Waals surface area contributed by atoms with Crippen molar-refractivity contribution in [1.82, 2.24) is 18.4 Å². The summed E-state index contributed by atoms with van der Waals surface area (Å²) in [6.07, 6.45) is -8.87. The summed E-state index contributed by atoms with van der Waals surface area (Å²) in [5.74, 6) is 0. The summed E-state index contributed by atoms with van der Waals surface area (Å²) in [4.78, 5) is 3.17. The van der Waals surface area contributed by atoms with Gasteiger partial charge < -0.3 is 0 Å². The van der Waals surface area contributed by atoms with Gasteiger partial charge in [0.2, 0.25) is 20.0 Å². The molecule has 3 aromatic rings. The van der Waals surface area contributed by atoms with E-state index in [2.05, 4.69) is 0 Å². The molecular weight excluding hydrogens is 658 g/mol. The van der Waals surface area contributed by atoms with Crippen molar-refractivity contribution in [1.29, 1.82) is 0 Å². The summed E-state index contributed by atoms with van der Waals surface area (Å²) in [7, 11) is -8.43. The largest absolute Gasteiger partial charge is 0.416 e. The van der Waals surface area contributed by atoms with Crippen molar-refractivity contribution in [3.63, 3.8) is 0 Å². The predicted molar refractivity (Wildman–Crippen MR) is 157 cm³/mol. The highest BCUT2D eigenvalue weighted by Gasteiger charge is 2.37. The second-order valence-electron chi connectivity index (χ2n) is 11.2. The van der Waals surface area contributed by atoms with Crippen LogP contribution in [0.15, 0.2) is 82.6 Å². The van der Waals surface area contributed by atoms with Gasteiger partial charge in [-0.3, -0.25) is 9.80 Å². The number of piperazine rings is 2. The molecule has 2 aliphatic rings. The van der Waals surface area contributed by atoms with Crippen LogP contribution in [0, 0.1) is 0 Å². The van der Waals surface area contributed by atoms with Crippen LogP contribution >= 0.6 is 0 Å². The third-order valence-electron chi connectivity index (χ3n) is 8.12. The minimum absolute atomic E-state index is 0.0694. The van der Waals surface area contributed by atoms with E-state index >= 15 is 0 Å². The Bertz CT molecular complexity index is 1590. The molecule has 0 amide bonds. The minimum Gasteiger partial charge on any atom is -0.296 e. The summed E-state index contributed by atoms with van der Waals surface area (Å²) in [5, 5.41) is 0. The van der Waals surface area contributed by atoms with Gasteiger partial charge in [0.25, 0.3) is 0 Å². The molecule has 0 spiro atoms. The molecule has 250 valence electrons. The average Bonchev–Trinajstić information content (AvgIpc) is 3.01. The molecule has 2 heterocycles. The number of hydrogen-bond acceptors (Lipinski definition) is 6. The molecule has 0 aliphatic carbocycles. The molecule has 8 nitrogen and oxygen atoms in total. The van der Waals surface area contributed by atoms with E-state index in [9.17, 15) is 43.2 Å². The highest BCUT2D eigenvalue weighted by atomic mass is 32.2. The van der Waals surface area contributed by atoms with Gasteiger partial charge in [0.15, 0.2) is 0 Å². The zero-order chi connectivity index (χ0) is 33.3. The lowest BCUT2D eigenvalue weighted by molar-refractivity contribution is -0.138. The molecule has 46 heavy (non-hydrogen) atoms. The van der Waals surface area contributed by atoms with Crippen LogP contribution in [0.5, 0.6) is 0 Å². The molecule has 3 aromatic carbocycles. The van der Waals surface area contributed by atoms with E-state index in [1.165, 1.54) is 57.1 Å². The number of sulfonamides is 2. The first-order valence-electron chi connectivity index (χ1n) is 14.4. The topological polar surface area (TPSA) is 81.2 Å². The van der Waals surface area contributed by atoms with Gasteiger partial charge in [-0.15, -0.1) is 0 Å². The number of halogens is 6. The van der Waals surface area contributed by atoms with Gasteiger partial charge in [0.1, 0.15) is 9.79 Å². The third-order valence-corrected chi connectivity index (χ3v) is 12.2. The number of hydrogen-bond donors (Lipinski definition) is 0. The molecule has 2 aliphatic heterocycles. The quantitative estimate of drug-likeness (QED) is 0.318. The van der Waals surface area contributed by atoms with Crippen LogP contribution < -0.4 is 0 Å². The normalized spacial score (nSPS) is 18.6. The molecule has 0 radical (unpaired) electrons. The van der Waals surface area contributed by atoms with E-state index in [1.54, 1.807) is 0 Å². The fourth-order valence-corrected chi connectivity index (χ4v) is 9.15. The van der Waals surface area contributed by atoms with Crippen LogP contribution in [0.2, 0.25) is 0 Å². The highest BCUT2D eigenvalue weighted by Crippen LogP contribution is 2.31. The maximum Gasteiger partial charge on any atom is 0.416 e. The van der Waals surface area contributed by atoms with Crippen molar-refractivity contribution >= 4 is 20.0 Å². The maximum atomic E-state index is 13.7. The molecule has 0 bridgehead atoms. The smallest absolute Gasteiger partial charge is 0.296 e. The molecule has 0 unspecified atom stereocenters. The van der Waals surface area contributed by atoms with Gasteiger partial charge >= 0.3 is 12.4 Å². The maximum absolute atomic E-state index is 13.7. The van der Waals surface area contributed by atoms with E-state index in [0.717, 1.165) is 24.3 Å². The SMILES string of the molecule is O=S(=O)(c1ccccc1S(=O)(=O)N1CCN(Cc2ccc(C(F)(F)F)cc2)CC1)N1CCN(Cc2ccc(C(F)(F)F)cc2)CC1. The Kier molecular flexibility index (Phi) is 9.88. The Hall–Kier alpha value is -3.02. The molecule has 2 saturated heterocycles. The Morgan fingerprint density at radius 3 is 1.07 bits per heavy atom. The first-order valence-corrected chi connectivity index (χ1v) is 17.3. The zero-order valence-electron chi connectivity index (χ0n) is 24.5. The summed E-state index contributed by atoms with van der Waals surface area (Å²) in [5.41, 5.74) is -0.193. The van der Waals surface area contributed by atoms with Crippen molar-refractivity contribution in [2.75, 3.05) is 52.4 Å². The standard InChI is InChI=1S/C30H32F6N4O4S2/c31-29(32,33)25-9-5-23(6-10-25)21-37-13-17-39(18-14-37)45(41,42)27-3-1-2-4-28(27)46(43,44)40-19-15-38(16-20-40)22-24-7-11-26(12-8-24)30(34,35)36/h1-12H,13-22H2. The predicted octanol–water partition coefficient (Wildman–Crippen LogP) is 4.74. The fraction of sp³-hybridized carbons (Fsp3) is 0.400. The van der Waals surface area contributed by atoms with Crippen LogP contribution in [-0.2, 0) is 45.5 Å². The van der Waals surface area contributed by atoms with Crippen molar-refractivity contribution in [3.8, 4) is 0 Å². The van der Waals surface area contributed by atoms with Crippen molar-refractivity contribution < 1.29 is 43.2 Å². The molecular formula is C30H32F6N4O4S2. The van der Waals surface area contributed by atoms with Gasteiger partial charge in [0.05, 0.1) is 11.1 Å². The second kappa shape index (κ2) is 13.2. The molecule has 0 saturated carbocycles. The average molecular weight is 691 g/mol. The number of alkyl halides is 6. The Morgan fingerprint density at radius 1 is 0.478 bits per heavy atom. The van der Waals surface area contributed by atoms with E-state index in [4.69, 9.17) is 0 Å². The third kappa shape index (κ3) is 7.74. The summed E-state index contributed by atoms with van der Waals surface area (Å²) in [6.45, 7) is 2.15. The van der Waals surface area contributed by atoms with Crippen LogP contribution in [0.4, 0.5) is 26.3 Å². The van der Waals surface area contributed by atoms with Crippen molar-refractivity contribution in [2.24, 2.45) is 0 Å². The number of rotatable bonds is 8. The lowest BCUT2D eigenvalue weighted by Crippen LogP contribution is -2.49. The van der Waals surface area contributed by atoms with Gasteiger partial charge in [-0.25, -0.2) is 16.8 Å². The molecule has 0 N–H and O–H groups in total. The van der Waals surface area contributed by atoms with Gasteiger partial charge in [-0.2, -0.15) is 35.0 Å². The second-order valence-corrected chi connectivity index (χ2v) is 15.0. The number of nitrogens with zero attached hydrogens (tertiary/aromatic N) is 4. The molecule has 0 aromatic heterocycles. The van der Waals surface area contributed by atoms with Gasteiger partial charge in [-0.05, 0) is 47.5 Å². The number of benzene rings is 3. The lowest BCUT2D eigenvalue weighted by atomic mass is 10.1. The summed E-state index contributed by atoms with van der Waals surface area (Å²) >= 11 is 0. The monoisotopic (exact) mass is 690 g/mol. The molecule has 0 atom stereocenters. The van der Waals surface area contributed by atoms with Crippen LogP contribution in [0.25, 0.3) is 0 Å². The van der Waals surface area contributed by atoms with Gasteiger partial charge in [-0.1, -0.05) is 36.4 Å². The molecule has 16 heteroatoms. The van der Waals surface area contributed by atoms with E-state index in [1.807, 2.05) is 9.80 Å². The van der Waals surface area contributed by atoms with Crippen molar-refractivity contribution in [3.05, 3.63) is 95.1 Å². The van der Waals surface area contributed by atoms with E-state index in [-0.39, 0.29) is 36.0 Å². The fourth-order valence-electron chi connectivity index (χ4n) is 5.53. The van der Waals surface area contributed by atoms with Gasteiger partial charge in [0, 0.05) is 65.4 Å². The summed E-state index contributed by atoms with van der Waals surface area (Å²) < 4.78 is 134. The first kappa shape index (κ1) is 34.3. The Labute approximate surface area is 263 Å². The van der Waals surface area contributed by atoms with Crippen LogP contribution in [0.1, 0.15) is 22.3 Å².